The monoisotopic (exact) mass is 232 g/mol. The van der Waals surface area contributed by atoms with Crippen LogP contribution in [-0.4, -0.2) is 6.61 Å². The van der Waals surface area contributed by atoms with E-state index in [2.05, 4.69) is 11.8 Å². The van der Waals surface area contributed by atoms with Gasteiger partial charge >= 0.3 is 0 Å². The Labute approximate surface area is 104 Å². The fourth-order valence-electron chi connectivity index (χ4n) is 1.38. The maximum absolute atomic E-state index is 5.43. The molecule has 1 aromatic carbocycles. The first-order valence-corrected chi connectivity index (χ1v) is 5.98. The summed E-state index contributed by atoms with van der Waals surface area (Å²) < 4.78 is 0. The van der Waals surface area contributed by atoms with E-state index in [0.29, 0.717) is 13.0 Å². The third-order valence-electron chi connectivity index (χ3n) is 2.35. The summed E-state index contributed by atoms with van der Waals surface area (Å²) in [5.74, 6) is 6.00. The van der Waals surface area contributed by atoms with Crippen LogP contribution in [0.5, 0.6) is 0 Å². The molecule has 0 fully saturated rings. The van der Waals surface area contributed by atoms with Crippen molar-refractivity contribution in [3.8, 4) is 11.8 Å². The zero-order valence-electron chi connectivity index (χ0n) is 10.8. The minimum atomic E-state index is -0.431. The summed E-state index contributed by atoms with van der Waals surface area (Å²) in [7, 11) is 0. The average Bonchev–Trinajstić information content (AvgIpc) is 2.35. The fourth-order valence-corrected chi connectivity index (χ4v) is 1.38. The van der Waals surface area contributed by atoms with E-state index < -0.39 is 5.60 Å². The van der Waals surface area contributed by atoms with Crippen molar-refractivity contribution in [3.63, 3.8) is 0 Å². The minimum absolute atomic E-state index is 0.431. The second-order valence-electron chi connectivity index (χ2n) is 4.24. The van der Waals surface area contributed by atoms with Crippen molar-refractivity contribution in [2.45, 2.75) is 39.2 Å². The van der Waals surface area contributed by atoms with Crippen molar-refractivity contribution in [2.24, 2.45) is 0 Å². The largest absolute Gasteiger partial charge is 0.235 e. The van der Waals surface area contributed by atoms with Gasteiger partial charge in [-0.15, -0.1) is 11.8 Å². The topological polar surface area (TPSA) is 18.5 Å². The van der Waals surface area contributed by atoms with E-state index in [9.17, 15) is 0 Å². The van der Waals surface area contributed by atoms with Crippen LogP contribution in [0.2, 0.25) is 0 Å². The van der Waals surface area contributed by atoms with Gasteiger partial charge in [0.15, 0.2) is 0 Å². The smallest absolute Gasteiger partial charge is 0.123 e. The maximum Gasteiger partial charge on any atom is 0.123 e. The first kappa shape index (κ1) is 13.8. The Balaban J connectivity index is 2.35. The molecule has 17 heavy (non-hydrogen) atoms. The molecule has 0 aliphatic heterocycles. The summed E-state index contributed by atoms with van der Waals surface area (Å²) in [6.07, 6.45) is 1.59. The first-order chi connectivity index (χ1) is 8.17. The van der Waals surface area contributed by atoms with Crippen LogP contribution < -0.4 is 0 Å². The zero-order chi connectivity index (χ0) is 12.6. The Morgan fingerprint density at radius 2 is 1.82 bits per heavy atom. The minimum Gasteiger partial charge on any atom is -0.235 e. The molecule has 1 rings (SSSR count). The molecule has 0 radical (unpaired) electrons. The van der Waals surface area contributed by atoms with Gasteiger partial charge in [-0.2, -0.15) is 0 Å². The van der Waals surface area contributed by atoms with Gasteiger partial charge in [0.05, 0.1) is 6.61 Å². The Morgan fingerprint density at radius 1 is 1.12 bits per heavy atom. The van der Waals surface area contributed by atoms with Crippen LogP contribution in [0.15, 0.2) is 30.3 Å². The molecule has 0 spiro atoms. The highest BCUT2D eigenvalue weighted by molar-refractivity contribution is 5.20. The van der Waals surface area contributed by atoms with Gasteiger partial charge in [-0.1, -0.05) is 37.3 Å². The van der Waals surface area contributed by atoms with Gasteiger partial charge in [0, 0.05) is 12.8 Å². The van der Waals surface area contributed by atoms with Crippen molar-refractivity contribution in [1.29, 1.82) is 0 Å². The van der Waals surface area contributed by atoms with E-state index in [1.165, 1.54) is 0 Å². The SMILES string of the molecule is CCC#CCCOOC(C)(C)c1ccccc1. The molecule has 0 saturated carbocycles. The molecule has 0 aliphatic rings. The number of benzene rings is 1. The lowest BCUT2D eigenvalue weighted by molar-refractivity contribution is -0.357. The molecule has 0 saturated heterocycles. The molecule has 0 N–H and O–H groups in total. The maximum atomic E-state index is 5.43. The third-order valence-corrected chi connectivity index (χ3v) is 2.35. The summed E-state index contributed by atoms with van der Waals surface area (Å²) in [5.41, 5.74) is 0.666. The Morgan fingerprint density at radius 3 is 2.47 bits per heavy atom. The Bertz CT molecular complexity index is 371. The molecule has 0 aliphatic carbocycles. The second-order valence-corrected chi connectivity index (χ2v) is 4.24. The molecule has 0 aromatic heterocycles. The predicted molar refractivity (Wildman–Crippen MR) is 69.2 cm³/mol. The molecule has 2 heteroatoms. The van der Waals surface area contributed by atoms with Crippen LogP contribution in [0.4, 0.5) is 0 Å². The molecule has 2 nitrogen and oxygen atoms in total. The van der Waals surface area contributed by atoms with Gasteiger partial charge < -0.3 is 0 Å². The highest BCUT2D eigenvalue weighted by Gasteiger charge is 2.22. The summed E-state index contributed by atoms with van der Waals surface area (Å²) in [5, 5.41) is 0. The highest BCUT2D eigenvalue weighted by atomic mass is 17.2. The number of hydrogen-bond acceptors (Lipinski definition) is 2. The lowest BCUT2D eigenvalue weighted by Gasteiger charge is -2.23. The lowest BCUT2D eigenvalue weighted by Crippen LogP contribution is -2.22. The molecule has 0 heterocycles. The molecule has 0 unspecified atom stereocenters. The molecular weight excluding hydrogens is 212 g/mol. The predicted octanol–water partition coefficient (Wildman–Crippen LogP) is 3.67. The Kier molecular flexibility index (Phi) is 5.76. The summed E-state index contributed by atoms with van der Waals surface area (Å²) in [4.78, 5) is 10.6. The molecule has 0 amide bonds. The van der Waals surface area contributed by atoms with Gasteiger partial charge in [0.2, 0.25) is 0 Å². The van der Waals surface area contributed by atoms with E-state index in [4.69, 9.17) is 9.78 Å². The van der Waals surface area contributed by atoms with Crippen LogP contribution >= 0.6 is 0 Å². The molecule has 92 valence electrons. The van der Waals surface area contributed by atoms with Crippen LogP contribution in [0.3, 0.4) is 0 Å². The summed E-state index contributed by atoms with van der Waals surface area (Å²) in [6, 6.07) is 10.0. The van der Waals surface area contributed by atoms with Crippen molar-refractivity contribution < 1.29 is 9.78 Å². The lowest BCUT2D eigenvalue weighted by atomic mass is 9.99. The molecule has 1 aromatic rings. The van der Waals surface area contributed by atoms with Crippen LogP contribution in [0, 0.1) is 11.8 Å². The molecule has 0 bridgehead atoms. The van der Waals surface area contributed by atoms with E-state index in [1.54, 1.807) is 0 Å². The van der Waals surface area contributed by atoms with E-state index >= 15 is 0 Å². The van der Waals surface area contributed by atoms with Gasteiger partial charge in [0.1, 0.15) is 5.60 Å². The number of rotatable bonds is 5. The van der Waals surface area contributed by atoms with Crippen molar-refractivity contribution in [1.82, 2.24) is 0 Å². The van der Waals surface area contributed by atoms with Crippen LogP contribution in [0.1, 0.15) is 39.2 Å². The number of hydrogen-bond donors (Lipinski definition) is 0. The van der Waals surface area contributed by atoms with Gasteiger partial charge in [0.25, 0.3) is 0 Å². The standard InChI is InChI=1S/C15H20O2/c1-4-5-6-10-13-16-17-15(2,3)14-11-8-7-9-12-14/h7-9,11-12H,4,10,13H2,1-3H3. The van der Waals surface area contributed by atoms with E-state index in [-0.39, 0.29) is 0 Å². The third kappa shape index (κ3) is 5.04. The summed E-state index contributed by atoms with van der Waals surface area (Å²) in [6.45, 7) is 6.51. The van der Waals surface area contributed by atoms with Gasteiger partial charge in [-0.25, -0.2) is 9.78 Å². The highest BCUT2D eigenvalue weighted by Crippen LogP contribution is 2.24. The van der Waals surface area contributed by atoms with Gasteiger partial charge in [-0.05, 0) is 19.4 Å². The molecule has 0 atom stereocenters. The van der Waals surface area contributed by atoms with Crippen molar-refractivity contribution >= 4 is 0 Å². The normalized spacial score (nSPS) is 10.8. The molecular formula is C15H20O2. The average molecular weight is 232 g/mol. The first-order valence-electron chi connectivity index (χ1n) is 5.98. The zero-order valence-corrected chi connectivity index (χ0v) is 10.8. The van der Waals surface area contributed by atoms with E-state index in [0.717, 1.165) is 12.0 Å². The quantitative estimate of drug-likeness (QED) is 0.334. The second kappa shape index (κ2) is 7.11. The Hall–Kier alpha value is -1.30. The van der Waals surface area contributed by atoms with Crippen LogP contribution in [-0.2, 0) is 15.4 Å². The van der Waals surface area contributed by atoms with Crippen LogP contribution in [0.25, 0.3) is 0 Å². The van der Waals surface area contributed by atoms with Gasteiger partial charge in [-0.3, -0.25) is 0 Å². The van der Waals surface area contributed by atoms with Crippen molar-refractivity contribution in [2.75, 3.05) is 6.61 Å². The van der Waals surface area contributed by atoms with Crippen molar-refractivity contribution in [3.05, 3.63) is 35.9 Å². The summed E-state index contributed by atoms with van der Waals surface area (Å²) >= 11 is 0. The van der Waals surface area contributed by atoms with E-state index in [1.807, 2.05) is 51.1 Å². The fraction of sp³-hybridized carbons (Fsp3) is 0.467.